The van der Waals surface area contributed by atoms with E-state index in [0.29, 0.717) is 0 Å². The van der Waals surface area contributed by atoms with Crippen LogP contribution in [-0.4, -0.2) is 28.5 Å². The molecule has 1 aliphatic heterocycles. The molecule has 2 unspecified atom stereocenters. The molecule has 2 heterocycles. The van der Waals surface area contributed by atoms with Crippen molar-refractivity contribution in [3.63, 3.8) is 0 Å². The lowest BCUT2D eigenvalue weighted by Crippen LogP contribution is -2.55. The number of aryl methyl sites for hydroxylation is 1. The normalized spacial score (nSPS) is 21.3. The van der Waals surface area contributed by atoms with Gasteiger partial charge in [0.15, 0.2) is 0 Å². The first-order valence-electron chi connectivity index (χ1n) is 7.25. The molecule has 106 valence electrons. The summed E-state index contributed by atoms with van der Waals surface area (Å²) in [4.78, 5) is 6.85. The summed E-state index contributed by atoms with van der Waals surface area (Å²) in [6.07, 6.45) is 7.43. The average molecular weight is 262 g/mol. The minimum Gasteiger partial charge on any atom is -0.296 e. The zero-order chi connectivity index (χ0) is 13.9. The predicted molar refractivity (Wildman–Crippen MR) is 78.5 cm³/mol. The molecule has 0 amide bonds. The highest BCUT2D eigenvalue weighted by Gasteiger charge is 2.40. The van der Waals surface area contributed by atoms with Gasteiger partial charge in [-0.15, -0.1) is 0 Å². The predicted octanol–water partition coefficient (Wildman–Crippen LogP) is 2.16. The van der Waals surface area contributed by atoms with E-state index in [4.69, 9.17) is 5.84 Å². The minimum absolute atomic E-state index is 0.0407. The van der Waals surface area contributed by atoms with Gasteiger partial charge in [0.05, 0.1) is 6.04 Å². The molecule has 2 rings (SSSR count). The van der Waals surface area contributed by atoms with E-state index in [9.17, 15) is 0 Å². The summed E-state index contributed by atoms with van der Waals surface area (Å²) in [5, 5.41) is 0. The number of hydrogen-bond acceptors (Lipinski definition) is 4. The van der Waals surface area contributed by atoms with E-state index in [1.807, 2.05) is 12.4 Å². The summed E-state index contributed by atoms with van der Waals surface area (Å²) in [6.45, 7) is 9.02. The molecular weight excluding hydrogens is 236 g/mol. The van der Waals surface area contributed by atoms with Crippen molar-refractivity contribution in [1.82, 2.24) is 15.3 Å². The fourth-order valence-corrected chi connectivity index (χ4v) is 3.22. The van der Waals surface area contributed by atoms with Crippen molar-refractivity contribution in [3.8, 4) is 0 Å². The largest absolute Gasteiger partial charge is 0.296 e. The summed E-state index contributed by atoms with van der Waals surface area (Å²) in [7, 11) is 0. The summed E-state index contributed by atoms with van der Waals surface area (Å²) in [5.74, 6) is 5.90. The minimum atomic E-state index is 0.0407. The lowest BCUT2D eigenvalue weighted by molar-refractivity contribution is 0.0836. The van der Waals surface area contributed by atoms with E-state index in [0.717, 1.165) is 6.42 Å². The summed E-state index contributed by atoms with van der Waals surface area (Å²) in [5.41, 5.74) is 5.54. The molecule has 4 heteroatoms. The molecule has 0 aromatic carbocycles. The fraction of sp³-hybridized carbons (Fsp3) is 0.667. The number of likely N-dealkylation sites (tertiary alicyclic amines) is 1. The Bertz CT molecular complexity index is 414. The Hall–Kier alpha value is -0.970. The number of nitrogens with two attached hydrogens (primary N) is 1. The molecule has 1 saturated heterocycles. The van der Waals surface area contributed by atoms with E-state index in [2.05, 4.69) is 42.1 Å². The van der Waals surface area contributed by atoms with Gasteiger partial charge >= 0.3 is 0 Å². The van der Waals surface area contributed by atoms with Crippen LogP contribution in [0.3, 0.4) is 0 Å². The maximum atomic E-state index is 5.90. The van der Waals surface area contributed by atoms with Crippen molar-refractivity contribution < 1.29 is 0 Å². The van der Waals surface area contributed by atoms with Crippen LogP contribution >= 0.6 is 0 Å². The second-order valence-corrected chi connectivity index (χ2v) is 5.74. The van der Waals surface area contributed by atoms with Crippen LogP contribution in [0.15, 0.2) is 18.5 Å². The van der Waals surface area contributed by atoms with Gasteiger partial charge in [0.1, 0.15) is 0 Å². The highest BCUT2D eigenvalue weighted by molar-refractivity contribution is 5.28. The second kappa shape index (κ2) is 5.99. The van der Waals surface area contributed by atoms with Gasteiger partial charge in [0.2, 0.25) is 0 Å². The molecule has 3 N–H and O–H groups in total. The highest BCUT2D eigenvalue weighted by atomic mass is 15.3. The van der Waals surface area contributed by atoms with E-state index in [1.54, 1.807) is 0 Å². The molecule has 0 aliphatic carbocycles. The first-order valence-corrected chi connectivity index (χ1v) is 7.25. The van der Waals surface area contributed by atoms with E-state index in [1.165, 1.54) is 37.1 Å². The molecule has 2 atom stereocenters. The van der Waals surface area contributed by atoms with E-state index < -0.39 is 0 Å². The molecule has 1 aliphatic rings. The molecule has 19 heavy (non-hydrogen) atoms. The quantitative estimate of drug-likeness (QED) is 0.631. The molecule has 1 fully saturated rings. The lowest BCUT2D eigenvalue weighted by Gasteiger charge is -2.44. The third kappa shape index (κ3) is 2.66. The number of nitrogens with one attached hydrogen (secondary N) is 1. The van der Waals surface area contributed by atoms with Crippen LogP contribution in [0.5, 0.6) is 0 Å². The lowest BCUT2D eigenvalue weighted by atomic mass is 9.82. The zero-order valence-corrected chi connectivity index (χ0v) is 12.3. The number of hydrazine groups is 1. The van der Waals surface area contributed by atoms with Gasteiger partial charge in [-0.1, -0.05) is 6.92 Å². The van der Waals surface area contributed by atoms with Crippen LogP contribution in [0.2, 0.25) is 0 Å². The Kier molecular flexibility index (Phi) is 4.55. The molecule has 1 aromatic heterocycles. The molecule has 0 saturated carbocycles. The van der Waals surface area contributed by atoms with Gasteiger partial charge in [-0.2, -0.15) is 0 Å². The Labute approximate surface area is 116 Å². The number of pyridine rings is 1. The fourth-order valence-electron chi connectivity index (χ4n) is 3.22. The summed E-state index contributed by atoms with van der Waals surface area (Å²) >= 11 is 0. The molecule has 0 radical (unpaired) electrons. The van der Waals surface area contributed by atoms with Gasteiger partial charge in [-0.3, -0.25) is 21.2 Å². The molecule has 1 aromatic rings. The number of aromatic nitrogens is 1. The SMILES string of the molecule is CCC(C)(C(NN)c1cnccc1C)N1CCCC1. The maximum absolute atomic E-state index is 5.90. The van der Waals surface area contributed by atoms with E-state index >= 15 is 0 Å². The summed E-state index contributed by atoms with van der Waals surface area (Å²) in [6, 6.07) is 2.17. The molecule has 0 spiro atoms. The third-order valence-corrected chi connectivity index (χ3v) is 4.72. The zero-order valence-electron chi connectivity index (χ0n) is 12.3. The molecule has 4 nitrogen and oxygen atoms in total. The van der Waals surface area contributed by atoms with Crippen molar-refractivity contribution in [3.05, 3.63) is 29.6 Å². The second-order valence-electron chi connectivity index (χ2n) is 5.74. The number of rotatable bonds is 5. The highest BCUT2D eigenvalue weighted by Crippen LogP contribution is 2.36. The Morgan fingerprint density at radius 3 is 2.68 bits per heavy atom. The first kappa shape index (κ1) is 14.4. The van der Waals surface area contributed by atoms with Crippen LogP contribution in [0, 0.1) is 6.92 Å². The van der Waals surface area contributed by atoms with Gasteiger partial charge in [-0.05, 0) is 63.4 Å². The standard InChI is InChI=1S/C15H26N4/c1-4-15(3,19-9-5-6-10-19)14(18-16)13-11-17-8-7-12(13)2/h7-8,11,14,18H,4-6,9-10,16H2,1-3H3. The number of nitrogens with zero attached hydrogens (tertiary/aromatic N) is 2. The first-order chi connectivity index (χ1) is 9.13. The number of hydrogen-bond donors (Lipinski definition) is 2. The summed E-state index contributed by atoms with van der Waals surface area (Å²) < 4.78 is 0. The van der Waals surface area contributed by atoms with Crippen molar-refractivity contribution in [2.24, 2.45) is 5.84 Å². The van der Waals surface area contributed by atoms with Gasteiger partial charge in [0.25, 0.3) is 0 Å². The Balaban J connectivity index is 2.35. The maximum Gasteiger partial charge on any atom is 0.0658 e. The van der Waals surface area contributed by atoms with Gasteiger partial charge in [-0.25, -0.2) is 0 Å². The Morgan fingerprint density at radius 2 is 2.16 bits per heavy atom. The van der Waals surface area contributed by atoms with Gasteiger partial charge < -0.3 is 0 Å². The molecular formula is C15H26N4. The monoisotopic (exact) mass is 262 g/mol. The average Bonchev–Trinajstić information content (AvgIpc) is 2.96. The van der Waals surface area contributed by atoms with Gasteiger partial charge in [0, 0.05) is 17.9 Å². The topological polar surface area (TPSA) is 54.2 Å². The van der Waals surface area contributed by atoms with Crippen LogP contribution < -0.4 is 11.3 Å². The third-order valence-electron chi connectivity index (χ3n) is 4.72. The Morgan fingerprint density at radius 1 is 1.47 bits per heavy atom. The van der Waals surface area contributed by atoms with Crippen molar-refractivity contribution in [2.75, 3.05) is 13.1 Å². The van der Waals surface area contributed by atoms with Crippen molar-refractivity contribution in [2.45, 2.75) is 51.6 Å². The smallest absolute Gasteiger partial charge is 0.0658 e. The van der Waals surface area contributed by atoms with Crippen LogP contribution in [0.4, 0.5) is 0 Å². The van der Waals surface area contributed by atoms with Crippen LogP contribution in [-0.2, 0) is 0 Å². The van der Waals surface area contributed by atoms with E-state index in [-0.39, 0.29) is 11.6 Å². The van der Waals surface area contributed by atoms with Crippen molar-refractivity contribution in [1.29, 1.82) is 0 Å². The molecule has 0 bridgehead atoms. The van der Waals surface area contributed by atoms with Crippen LogP contribution in [0.1, 0.15) is 50.3 Å². The van der Waals surface area contributed by atoms with Crippen molar-refractivity contribution >= 4 is 0 Å². The van der Waals surface area contributed by atoms with Crippen LogP contribution in [0.25, 0.3) is 0 Å².